The van der Waals surface area contributed by atoms with Crippen LogP contribution in [0.4, 0.5) is 4.79 Å². The Morgan fingerprint density at radius 1 is 0.535 bits per heavy atom. The standard InChI is InChI=1S/C102H178N11O30P/c1-68(2)28-24-29-69(3)78-38-39-79-77-37-36-72-58-75(40-45-100(72,6)80(77)41-46-101(78,79)7)140-99(130)108-47-21-15-18-35-90(125)113-60-76(59-74(113)63-133-8)143-144(131,132)139-64-73-30-25-52-112(73)89(124)34-17-14-12-10-9-11-13-16-33-88(123)111-102(65-134-55-42-83(103)118,66-135-56-43-86(121)106-50-26-48-104-84(119)31-19-22-53-137-97-91(109-70(4)116)95(128)93(126)81(61-114)141-97)67-136-57-44-87(122)107-51-27-49-105-85(120)32-20-23-54-138-98-92(110-71(5)117)96(129)94(127)82(62-115)142-98/h36,68-69,73-82,91-98,114-115,126-129H,9-35,37-67H2,1-8H3,(H2,103,118)(H,104,119)(H,105,120)(H,106,121)(H,107,122)(H,108,130)(H,109,116)(H,110,117)(H,111,123)(H,131,132)/t69-,73?,74?,75?,76?,77+,78-,79+,80+,81?,82?,91?,92?,93-,94-,95?,96?,97+,98+,100+,101-,102?/m0/s1. The largest absolute Gasteiger partial charge is 0.472 e. The summed E-state index contributed by atoms with van der Waals surface area (Å²) in [5.74, 6) is 1.27. The number of likely N-dealkylation sites (tertiary alicyclic amines) is 2. The zero-order chi connectivity index (χ0) is 105. The van der Waals surface area contributed by atoms with Gasteiger partial charge in [0.25, 0.3) is 0 Å². The molecule has 4 aliphatic heterocycles. The highest BCUT2D eigenvalue weighted by molar-refractivity contribution is 7.47. The molecule has 144 heavy (non-hydrogen) atoms. The minimum Gasteiger partial charge on any atom is -0.446 e. The molecule has 0 aromatic carbocycles. The lowest BCUT2D eigenvalue weighted by molar-refractivity contribution is -0.270. The van der Waals surface area contributed by atoms with Crippen LogP contribution in [0.3, 0.4) is 0 Å². The number of hydrogen-bond acceptors (Lipinski definition) is 29. The summed E-state index contributed by atoms with van der Waals surface area (Å²) < 4.78 is 77.0. The number of phosphoric ester groups is 1. The fraction of sp³-hybridized carbons (Fsp3) is 0.873. The molecule has 0 spiro atoms. The topological polar surface area (TPSA) is 577 Å². The number of nitrogens with one attached hydrogen (secondary N) is 8. The molecule has 0 radical (unpaired) electrons. The number of hydrogen-bond donors (Lipinski definition) is 16. The maximum atomic E-state index is 14.0. The van der Waals surface area contributed by atoms with E-state index < -0.39 is 124 Å². The molecule has 41 nitrogen and oxygen atoms in total. The number of unbranched alkanes of at least 4 members (excludes halogenated alkanes) is 11. The van der Waals surface area contributed by atoms with E-state index in [1.807, 2.05) is 0 Å². The van der Waals surface area contributed by atoms with Gasteiger partial charge in [0.15, 0.2) is 12.6 Å². The number of carbonyl (C=O) groups is 11. The number of allylic oxidation sites excluding steroid dienone is 1. The minimum absolute atomic E-state index is 0.0603. The highest BCUT2D eigenvalue weighted by atomic mass is 31.2. The van der Waals surface area contributed by atoms with Crippen molar-refractivity contribution in [2.45, 2.75) is 390 Å². The number of fused-ring (bicyclic) bond motifs is 5. The number of carbonyl (C=O) groups excluding carboxylic acids is 11. The number of alkyl carbamates (subject to hydrolysis) is 1. The second-order valence-electron chi connectivity index (χ2n) is 42.2. The van der Waals surface area contributed by atoms with E-state index in [9.17, 15) is 92.8 Å². The average molecular weight is 2070 g/mol. The quantitative estimate of drug-likeness (QED) is 0.0178. The number of ether oxygens (including phenoxy) is 9. The van der Waals surface area contributed by atoms with Crippen LogP contribution in [-0.2, 0) is 104 Å². The first kappa shape index (κ1) is 122. The van der Waals surface area contributed by atoms with E-state index in [2.05, 4.69) is 83.2 Å². The predicted molar refractivity (Wildman–Crippen MR) is 531 cm³/mol. The van der Waals surface area contributed by atoms with Gasteiger partial charge in [-0.05, 0) is 175 Å². The van der Waals surface area contributed by atoms with Crippen molar-refractivity contribution in [2.24, 2.45) is 52.1 Å². The van der Waals surface area contributed by atoms with E-state index >= 15 is 0 Å². The third-order valence-corrected chi connectivity index (χ3v) is 31.6. The number of nitrogens with two attached hydrogens (primary N) is 1. The SMILES string of the molecule is COCC1CC(OP(=O)(O)OCC2CCCN2C(=O)CCCCCCCCCCC(=O)NC(COCCC(N)=O)(COCCC(=O)NCCCNC(=O)CCCCO[C@@H]2OC(CO)[C@H](O)C(O)C2NC(C)=O)COCCC(=O)NCCCNC(=O)CCCCO[C@@H]2OC(CO)[C@H](O)C(O)C2NC(C)=O)CN1C(=O)CCCCCNC(=O)OC1CC[C@]2(C)C(=CC[C@@H]3[C@H]4CC[C@@H]([C@@H](C)CCCC(C)C)[C@]4(C)CC[C@H]32)C1. The van der Waals surface area contributed by atoms with Crippen LogP contribution in [0.25, 0.3) is 0 Å². The molecule has 11 amide bonds. The lowest BCUT2D eigenvalue weighted by Crippen LogP contribution is -2.64. The Balaban J connectivity index is 0.695. The lowest BCUT2D eigenvalue weighted by atomic mass is 9.47. The van der Waals surface area contributed by atoms with Crippen LogP contribution in [0.2, 0.25) is 0 Å². The summed E-state index contributed by atoms with van der Waals surface area (Å²) in [5, 5.41) is 83.0. The van der Waals surface area contributed by atoms with E-state index in [1.54, 1.807) is 9.80 Å². The van der Waals surface area contributed by atoms with Crippen LogP contribution in [0, 0.1) is 46.3 Å². The Hall–Kier alpha value is -6.74. The molecule has 4 aliphatic carbocycles. The Labute approximate surface area is 851 Å². The summed E-state index contributed by atoms with van der Waals surface area (Å²) >= 11 is 0. The normalized spacial score (nSPS) is 28.2. The van der Waals surface area contributed by atoms with Crippen molar-refractivity contribution in [1.29, 1.82) is 0 Å². The van der Waals surface area contributed by atoms with Gasteiger partial charge in [-0.3, -0.25) is 57.0 Å². The van der Waals surface area contributed by atoms with Crippen molar-refractivity contribution in [2.75, 3.05) is 132 Å². The fourth-order valence-corrected chi connectivity index (χ4v) is 23.7. The van der Waals surface area contributed by atoms with E-state index in [0.717, 1.165) is 93.8 Å². The van der Waals surface area contributed by atoms with Crippen LogP contribution >= 0.6 is 7.82 Å². The third-order valence-electron chi connectivity index (χ3n) is 30.5. The van der Waals surface area contributed by atoms with Crippen molar-refractivity contribution in [3.05, 3.63) is 11.6 Å². The van der Waals surface area contributed by atoms with Crippen LogP contribution in [0.5, 0.6) is 0 Å². The van der Waals surface area contributed by atoms with Gasteiger partial charge in [0.05, 0.1) is 84.3 Å². The molecule has 8 aliphatic rings. The van der Waals surface area contributed by atoms with Gasteiger partial charge in [-0.1, -0.05) is 110 Å². The highest BCUT2D eigenvalue weighted by Crippen LogP contribution is 2.68. The number of rotatable bonds is 70. The molecule has 3 saturated carbocycles. The monoisotopic (exact) mass is 2070 g/mol. The van der Waals surface area contributed by atoms with E-state index in [4.69, 9.17) is 57.4 Å². The van der Waals surface area contributed by atoms with Crippen molar-refractivity contribution < 1.29 is 145 Å². The van der Waals surface area contributed by atoms with Crippen molar-refractivity contribution >= 4 is 73.0 Å². The molecular weight excluding hydrogens is 1890 g/mol. The van der Waals surface area contributed by atoms with Gasteiger partial charge in [0.2, 0.25) is 59.1 Å². The predicted octanol–water partition coefficient (Wildman–Crippen LogP) is 6.39. The molecule has 4 saturated heterocycles. The molecule has 17 N–H and O–H groups in total. The number of aliphatic hydroxyl groups excluding tert-OH is 6. The Morgan fingerprint density at radius 2 is 1.03 bits per heavy atom. The first-order valence-corrected chi connectivity index (χ1v) is 55.2. The number of primary amides is 1. The summed E-state index contributed by atoms with van der Waals surface area (Å²) in [7, 11) is -3.08. The minimum atomic E-state index is -4.62. The second-order valence-corrected chi connectivity index (χ2v) is 43.6. The van der Waals surface area contributed by atoms with E-state index in [1.165, 1.54) is 71.5 Å². The van der Waals surface area contributed by atoms with Crippen LogP contribution < -0.4 is 48.3 Å². The molecule has 826 valence electrons. The molecule has 0 aromatic heterocycles. The second kappa shape index (κ2) is 64.1. The highest BCUT2D eigenvalue weighted by Gasteiger charge is 2.60. The van der Waals surface area contributed by atoms with Gasteiger partial charge >= 0.3 is 13.9 Å². The summed E-state index contributed by atoms with van der Waals surface area (Å²) in [6.07, 6.45) is 16.9. The fourth-order valence-electron chi connectivity index (χ4n) is 22.7. The maximum Gasteiger partial charge on any atom is 0.472 e. The number of nitrogens with zero attached hydrogens (tertiary/aromatic N) is 2. The van der Waals surface area contributed by atoms with Gasteiger partial charge in [-0.2, -0.15) is 0 Å². The first-order chi connectivity index (χ1) is 68.9. The number of aliphatic hydroxyl groups is 6. The Morgan fingerprint density at radius 3 is 1.56 bits per heavy atom. The lowest BCUT2D eigenvalue weighted by Gasteiger charge is -2.58. The molecule has 42 heteroatoms. The average Bonchev–Trinajstić information content (AvgIpc) is 1.46. The molecule has 11 unspecified atom stereocenters. The summed E-state index contributed by atoms with van der Waals surface area (Å²) in [4.78, 5) is 156. The number of methoxy groups -OCH3 is 1. The number of phosphoric acid groups is 1. The summed E-state index contributed by atoms with van der Waals surface area (Å²) in [5.41, 5.74) is 6.15. The smallest absolute Gasteiger partial charge is 0.446 e. The van der Waals surface area contributed by atoms with Crippen LogP contribution in [0.15, 0.2) is 11.6 Å². The zero-order valence-corrected chi connectivity index (χ0v) is 88.0. The van der Waals surface area contributed by atoms with Gasteiger partial charge in [-0.25, -0.2) is 9.36 Å². The van der Waals surface area contributed by atoms with Crippen molar-refractivity contribution in [3.8, 4) is 0 Å². The summed E-state index contributed by atoms with van der Waals surface area (Å²) in [6.45, 7) is 14.8. The first-order valence-electron chi connectivity index (χ1n) is 53.7. The Kier molecular flexibility index (Phi) is 54.5. The van der Waals surface area contributed by atoms with E-state index in [-0.39, 0.29) is 209 Å². The zero-order valence-electron chi connectivity index (χ0n) is 87.1. The van der Waals surface area contributed by atoms with Gasteiger partial charge in [0.1, 0.15) is 60.4 Å². The van der Waals surface area contributed by atoms with Gasteiger partial charge < -0.3 is 136 Å². The molecule has 22 atom stereocenters. The molecule has 8 rings (SSSR count). The maximum absolute atomic E-state index is 14.0. The molecule has 0 bridgehead atoms. The molecular formula is C102H178N11O30P. The molecule has 7 fully saturated rings. The van der Waals surface area contributed by atoms with Crippen molar-refractivity contribution in [3.63, 3.8) is 0 Å². The molecule has 4 heterocycles. The number of amides is 11. The van der Waals surface area contributed by atoms with Gasteiger partial charge in [-0.15, -0.1) is 0 Å². The molecule has 0 aromatic rings. The van der Waals surface area contributed by atoms with Crippen LogP contribution in [0.1, 0.15) is 299 Å². The van der Waals surface area contributed by atoms with Gasteiger partial charge in [0, 0.05) is 138 Å². The Bertz CT molecular complexity index is 3890. The summed E-state index contributed by atoms with van der Waals surface area (Å²) in [6, 6.07) is -2.96. The van der Waals surface area contributed by atoms with Crippen molar-refractivity contribution in [1.82, 2.24) is 52.3 Å². The third kappa shape index (κ3) is 40.9. The van der Waals surface area contributed by atoms with Crippen LogP contribution in [-0.4, -0.2) is 334 Å². The van der Waals surface area contributed by atoms with E-state index in [0.29, 0.717) is 114 Å².